The highest BCUT2D eigenvalue weighted by atomic mass is 16.3. The predicted molar refractivity (Wildman–Crippen MR) is 54.6 cm³/mol. The lowest BCUT2D eigenvalue weighted by molar-refractivity contribution is -0.130. The van der Waals surface area contributed by atoms with Crippen LogP contribution in [-0.2, 0) is 4.79 Å². The molecule has 13 heavy (non-hydrogen) atoms. The van der Waals surface area contributed by atoms with Crippen LogP contribution in [0.3, 0.4) is 0 Å². The molecular weight excluding hydrogens is 164 g/mol. The molecule has 0 rings (SSSR count). The molecule has 1 atom stereocenters. The second-order valence-electron chi connectivity index (χ2n) is 3.59. The zero-order valence-electron chi connectivity index (χ0n) is 9.05. The first-order valence-electron chi connectivity index (χ1n) is 5.38. The maximum absolute atomic E-state index is 11.4. The van der Waals surface area contributed by atoms with Gasteiger partial charge < -0.3 is 5.11 Å². The van der Waals surface area contributed by atoms with Gasteiger partial charge in [0.1, 0.15) is 6.10 Å². The zero-order chi connectivity index (χ0) is 10.3. The third kappa shape index (κ3) is 4.41. The third-order valence-electron chi connectivity index (χ3n) is 2.60. The van der Waals surface area contributed by atoms with E-state index in [1.54, 1.807) is 0 Å². The van der Waals surface area contributed by atoms with Gasteiger partial charge in [-0.1, -0.05) is 40.0 Å². The van der Waals surface area contributed by atoms with Crippen LogP contribution < -0.4 is 0 Å². The molecule has 78 valence electrons. The predicted octanol–water partition coefficient (Wildman–Crippen LogP) is 2.54. The SMILES string of the molecule is CCCCC(=O)C(O)C(CC)CC. The minimum absolute atomic E-state index is 0.0237. The number of carbonyl (C=O) groups is 1. The number of unbranched alkanes of at least 4 members (excludes halogenated alkanes) is 1. The van der Waals surface area contributed by atoms with Crippen LogP contribution in [-0.4, -0.2) is 17.0 Å². The van der Waals surface area contributed by atoms with E-state index in [1.807, 2.05) is 13.8 Å². The second kappa shape index (κ2) is 7.07. The maximum Gasteiger partial charge on any atom is 0.161 e. The van der Waals surface area contributed by atoms with E-state index in [9.17, 15) is 9.90 Å². The third-order valence-corrected chi connectivity index (χ3v) is 2.60. The summed E-state index contributed by atoms with van der Waals surface area (Å²) < 4.78 is 0. The molecule has 0 bridgehead atoms. The maximum atomic E-state index is 11.4. The number of ketones is 1. The Hall–Kier alpha value is -0.370. The van der Waals surface area contributed by atoms with E-state index in [-0.39, 0.29) is 11.7 Å². The average Bonchev–Trinajstić information content (AvgIpc) is 2.15. The van der Waals surface area contributed by atoms with Gasteiger partial charge in [0.05, 0.1) is 0 Å². The quantitative estimate of drug-likeness (QED) is 0.663. The van der Waals surface area contributed by atoms with E-state index in [4.69, 9.17) is 0 Å². The number of Topliss-reactive ketones (excluding diaryl/α,β-unsaturated/α-hetero) is 1. The minimum Gasteiger partial charge on any atom is -0.385 e. The van der Waals surface area contributed by atoms with Gasteiger partial charge in [-0.15, -0.1) is 0 Å². The van der Waals surface area contributed by atoms with Gasteiger partial charge >= 0.3 is 0 Å². The monoisotopic (exact) mass is 186 g/mol. The smallest absolute Gasteiger partial charge is 0.161 e. The Balaban J connectivity index is 3.91. The van der Waals surface area contributed by atoms with Crippen LogP contribution >= 0.6 is 0 Å². The van der Waals surface area contributed by atoms with Crippen molar-refractivity contribution in [2.24, 2.45) is 5.92 Å². The van der Waals surface area contributed by atoms with Crippen LogP contribution in [0.2, 0.25) is 0 Å². The normalized spacial score (nSPS) is 13.3. The van der Waals surface area contributed by atoms with Gasteiger partial charge in [-0.25, -0.2) is 0 Å². The summed E-state index contributed by atoms with van der Waals surface area (Å²) in [6, 6.07) is 0. The minimum atomic E-state index is -0.721. The molecule has 0 fully saturated rings. The van der Waals surface area contributed by atoms with Crippen LogP contribution in [0, 0.1) is 5.92 Å². The summed E-state index contributed by atoms with van der Waals surface area (Å²) in [5.41, 5.74) is 0. The summed E-state index contributed by atoms with van der Waals surface area (Å²) in [4.78, 5) is 11.4. The van der Waals surface area contributed by atoms with Crippen molar-refractivity contribution in [3.05, 3.63) is 0 Å². The van der Waals surface area contributed by atoms with Crippen molar-refractivity contribution >= 4 is 5.78 Å². The Morgan fingerprint density at radius 2 is 1.77 bits per heavy atom. The van der Waals surface area contributed by atoms with Gasteiger partial charge in [0.25, 0.3) is 0 Å². The fourth-order valence-corrected chi connectivity index (χ4v) is 1.50. The first kappa shape index (κ1) is 12.6. The summed E-state index contributed by atoms with van der Waals surface area (Å²) in [5.74, 6) is 0.180. The summed E-state index contributed by atoms with van der Waals surface area (Å²) in [6.45, 7) is 6.09. The van der Waals surface area contributed by atoms with Crippen molar-refractivity contribution < 1.29 is 9.90 Å². The molecule has 2 heteroatoms. The number of carbonyl (C=O) groups excluding carboxylic acids is 1. The molecule has 0 radical (unpaired) electrons. The Morgan fingerprint density at radius 3 is 2.15 bits per heavy atom. The van der Waals surface area contributed by atoms with E-state index in [0.717, 1.165) is 25.7 Å². The topological polar surface area (TPSA) is 37.3 Å². The number of hydrogen-bond donors (Lipinski definition) is 1. The standard InChI is InChI=1S/C11H22O2/c1-4-7-8-10(12)11(13)9(5-2)6-3/h9,11,13H,4-8H2,1-3H3. The molecule has 0 saturated carbocycles. The van der Waals surface area contributed by atoms with Crippen LogP contribution in [0.4, 0.5) is 0 Å². The molecule has 0 heterocycles. The summed E-state index contributed by atoms with van der Waals surface area (Å²) >= 11 is 0. The van der Waals surface area contributed by atoms with Gasteiger partial charge in [-0.2, -0.15) is 0 Å². The van der Waals surface area contributed by atoms with Crippen LogP contribution in [0.5, 0.6) is 0 Å². The van der Waals surface area contributed by atoms with E-state index < -0.39 is 6.10 Å². The van der Waals surface area contributed by atoms with Crippen molar-refractivity contribution in [1.82, 2.24) is 0 Å². The van der Waals surface area contributed by atoms with Gasteiger partial charge in [0, 0.05) is 6.42 Å². The Morgan fingerprint density at radius 1 is 1.23 bits per heavy atom. The first-order chi connectivity index (χ1) is 6.17. The van der Waals surface area contributed by atoms with Crippen molar-refractivity contribution in [3.8, 4) is 0 Å². The van der Waals surface area contributed by atoms with E-state index in [0.29, 0.717) is 6.42 Å². The van der Waals surface area contributed by atoms with Gasteiger partial charge in [-0.05, 0) is 12.3 Å². The highest BCUT2D eigenvalue weighted by molar-refractivity contribution is 5.83. The molecular formula is C11H22O2. The molecule has 0 spiro atoms. The molecule has 0 aromatic rings. The lowest BCUT2D eigenvalue weighted by atomic mass is 9.92. The lowest BCUT2D eigenvalue weighted by Crippen LogP contribution is -2.28. The second-order valence-corrected chi connectivity index (χ2v) is 3.59. The van der Waals surface area contributed by atoms with Crippen molar-refractivity contribution in [2.75, 3.05) is 0 Å². The molecule has 0 aromatic carbocycles. The number of aliphatic hydroxyl groups is 1. The highest BCUT2D eigenvalue weighted by Gasteiger charge is 2.21. The fourth-order valence-electron chi connectivity index (χ4n) is 1.50. The van der Waals surface area contributed by atoms with Crippen molar-refractivity contribution in [2.45, 2.75) is 59.0 Å². The van der Waals surface area contributed by atoms with Gasteiger partial charge in [0.2, 0.25) is 0 Å². The molecule has 1 unspecified atom stereocenters. The van der Waals surface area contributed by atoms with E-state index in [2.05, 4.69) is 6.92 Å². The molecule has 0 amide bonds. The Kier molecular flexibility index (Phi) is 6.87. The number of aliphatic hydroxyl groups excluding tert-OH is 1. The van der Waals surface area contributed by atoms with Crippen LogP contribution in [0.15, 0.2) is 0 Å². The molecule has 0 aliphatic carbocycles. The fraction of sp³-hybridized carbons (Fsp3) is 0.909. The Bertz CT molecular complexity index is 139. The lowest BCUT2D eigenvalue weighted by Gasteiger charge is -2.18. The first-order valence-corrected chi connectivity index (χ1v) is 5.38. The molecule has 0 aliphatic rings. The van der Waals surface area contributed by atoms with Crippen molar-refractivity contribution in [3.63, 3.8) is 0 Å². The van der Waals surface area contributed by atoms with Crippen LogP contribution in [0.1, 0.15) is 52.9 Å². The van der Waals surface area contributed by atoms with Gasteiger partial charge in [-0.3, -0.25) is 4.79 Å². The molecule has 0 aromatic heterocycles. The highest BCUT2D eigenvalue weighted by Crippen LogP contribution is 2.15. The van der Waals surface area contributed by atoms with Gasteiger partial charge in [0.15, 0.2) is 5.78 Å². The van der Waals surface area contributed by atoms with E-state index >= 15 is 0 Å². The summed E-state index contributed by atoms with van der Waals surface area (Å²) in [5, 5.41) is 9.65. The zero-order valence-corrected chi connectivity index (χ0v) is 9.05. The number of hydrogen-bond acceptors (Lipinski definition) is 2. The molecule has 0 aliphatic heterocycles. The molecule has 0 saturated heterocycles. The van der Waals surface area contributed by atoms with E-state index in [1.165, 1.54) is 0 Å². The summed E-state index contributed by atoms with van der Waals surface area (Å²) in [7, 11) is 0. The molecule has 2 nitrogen and oxygen atoms in total. The molecule has 1 N–H and O–H groups in total. The Labute approximate surface area is 81.3 Å². The summed E-state index contributed by atoms with van der Waals surface area (Å²) in [6.07, 6.45) is 3.50. The number of rotatable bonds is 7. The largest absolute Gasteiger partial charge is 0.385 e. The van der Waals surface area contributed by atoms with Crippen molar-refractivity contribution in [1.29, 1.82) is 0 Å². The van der Waals surface area contributed by atoms with Crippen LogP contribution in [0.25, 0.3) is 0 Å². The average molecular weight is 186 g/mol.